The van der Waals surface area contributed by atoms with Gasteiger partial charge in [-0.05, 0) is 17.5 Å². The van der Waals surface area contributed by atoms with Gasteiger partial charge in [0.25, 0.3) is 5.91 Å². The molecule has 1 amide bonds. The van der Waals surface area contributed by atoms with Crippen LogP contribution < -0.4 is 10.1 Å². The summed E-state index contributed by atoms with van der Waals surface area (Å²) < 4.78 is 5.61. The van der Waals surface area contributed by atoms with Crippen LogP contribution in [0.25, 0.3) is 0 Å². The third kappa shape index (κ3) is 4.63. The van der Waals surface area contributed by atoms with E-state index in [9.17, 15) is 4.79 Å². The number of benzene rings is 1. The second kappa shape index (κ2) is 7.47. The van der Waals surface area contributed by atoms with Crippen molar-refractivity contribution in [2.24, 2.45) is 0 Å². The van der Waals surface area contributed by atoms with Crippen LogP contribution >= 0.6 is 0 Å². The van der Waals surface area contributed by atoms with Crippen LogP contribution in [0.2, 0.25) is 0 Å². The number of carbonyl (C=O) groups excluding carboxylic acids is 1. The second-order valence-electron chi connectivity index (χ2n) is 5.12. The first-order valence-corrected chi connectivity index (χ1v) is 7.13. The van der Waals surface area contributed by atoms with Gasteiger partial charge in [0, 0.05) is 25.4 Å². The van der Waals surface area contributed by atoms with Crippen LogP contribution in [0.5, 0.6) is 5.75 Å². The molecule has 0 saturated heterocycles. The number of aromatic amines is 1. The van der Waals surface area contributed by atoms with E-state index in [1.54, 1.807) is 12.4 Å². The number of amides is 1. The number of hydrogen-bond acceptors (Lipinski definition) is 3. The van der Waals surface area contributed by atoms with Gasteiger partial charge >= 0.3 is 0 Å². The van der Waals surface area contributed by atoms with Gasteiger partial charge in [-0.1, -0.05) is 32.0 Å². The molecule has 2 N–H and O–H groups in total. The van der Waals surface area contributed by atoms with Crippen LogP contribution in [0.3, 0.4) is 0 Å². The predicted molar refractivity (Wildman–Crippen MR) is 81.3 cm³/mol. The van der Waals surface area contributed by atoms with E-state index in [1.807, 2.05) is 24.3 Å². The molecule has 0 spiro atoms. The quantitative estimate of drug-likeness (QED) is 0.821. The van der Waals surface area contributed by atoms with Gasteiger partial charge in [-0.15, -0.1) is 0 Å². The Morgan fingerprint density at radius 3 is 2.90 bits per heavy atom. The van der Waals surface area contributed by atoms with Crippen molar-refractivity contribution < 1.29 is 9.53 Å². The van der Waals surface area contributed by atoms with Gasteiger partial charge in [-0.2, -0.15) is 0 Å². The van der Waals surface area contributed by atoms with E-state index in [2.05, 4.69) is 29.1 Å². The molecule has 2 rings (SSSR count). The lowest BCUT2D eigenvalue weighted by Gasteiger charge is -2.13. The van der Waals surface area contributed by atoms with E-state index >= 15 is 0 Å². The minimum atomic E-state index is -0.125. The molecule has 0 fully saturated rings. The average Bonchev–Trinajstić information content (AvgIpc) is 2.98. The van der Waals surface area contributed by atoms with Gasteiger partial charge in [0.2, 0.25) is 0 Å². The molecule has 2 aromatic rings. The maximum absolute atomic E-state index is 11.8. The summed E-state index contributed by atoms with van der Waals surface area (Å²) in [6.45, 7) is 4.78. The van der Waals surface area contributed by atoms with Gasteiger partial charge in [-0.3, -0.25) is 4.79 Å². The first kappa shape index (κ1) is 15.1. The Morgan fingerprint density at radius 1 is 1.38 bits per heavy atom. The lowest BCUT2D eigenvalue weighted by Crippen LogP contribution is -2.30. The fourth-order valence-corrected chi connectivity index (χ4v) is 2.04. The molecule has 21 heavy (non-hydrogen) atoms. The van der Waals surface area contributed by atoms with Gasteiger partial charge in [0.15, 0.2) is 6.61 Å². The van der Waals surface area contributed by atoms with Crippen LogP contribution in [-0.2, 0) is 11.2 Å². The maximum Gasteiger partial charge on any atom is 0.257 e. The Balaban J connectivity index is 1.76. The van der Waals surface area contributed by atoms with E-state index in [-0.39, 0.29) is 12.5 Å². The summed E-state index contributed by atoms with van der Waals surface area (Å²) in [5.74, 6) is 1.87. The first-order chi connectivity index (χ1) is 10.2. The number of ether oxygens (including phenoxy) is 1. The normalized spacial score (nSPS) is 10.6. The third-order valence-corrected chi connectivity index (χ3v) is 3.14. The highest BCUT2D eigenvalue weighted by molar-refractivity contribution is 5.77. The summed E-state index contributed by atoms with van der Waals surface area (Å²) in [5.41, 5.74) is 1.11. The monoisotopic (exact) mass is 287 g/mol. The molecule has 5 nitrogen and oxygen atoms in total. The summed E-state index contributed by atoms with van der Waals surface area (Å²) >= 11 is 0. The highest BCUT2D eigenvalue weighted by Crippen LogP contribution is 2.25. The summed E-state index contributed by atoms with van der Waals surface area (Å²) in [4.78, 5) is 18.9. The summed E-state index contributed by atoms with van der Waals surface area (Å²) in [5, 5.41) is 2.82. The molecule has 0 aliphatic rings. The van der Waals surface area contributed by atoms with Crippen LogP contribution in [0.15, 0.2) is 36.7 Å². The Hall–Kier alpha value is -2.30. The van der Waals surface area contributed by atoms with Crippen LogP contribution in [0.4, 0.5) is 0 Å². The van der Waals surface area contributed by atoms with Crippen molar-refractivity contribution in [3.8, 4) is 5.75 Å². The molecule has 112 valence electrons. The van der Waals surface area contributed by atoms with Gasteiger partial charge < -0.3 is 15.0 Å². The fourth-order valence-electron chi connectivity index (χ4n) is 2.04. The standard InChI is InChI=1S/C16H21N3O2/c1-12(2)13-5-3-4-6-14(13)21-11-16(20)19-8-7-15-17-9-10-18-15/h3-6,9-10,12H,7-8,11H2,1-2H3,(H,17,18)(H,19,20). The van der Waals surface area contributed by atoms with Crippen molar-refractivity contribution in [2.45, 2.75) is 26.2 Å². The number of H-pyrrole nitrogens is 1. The highest BCUT2D eigenvalue weighted by atomic mass is 16.5. The number of hydrogen-bond donors (Lipinski definition) is 2. The average molecular weight is 287 g/mol. The van der Waals surface area contributed by atoms with Crippen LogP contribution in [0, 0.1) is 0 Å². The lowest BCUT2D eigenvalue weighted by atomic mass is 10.0. The Kier molecular flexibility index (Phi) is 5.37. The number of para-hydroxylation sites is 1. The molecular formula is C16H21N3O2. The largest absolute Gasteiger partial charge is 0.483 e. The van der Waals surface area contributed by atoms with E-state index < -0.39 is 0 Å². The van der Waals surface area contributed by atoms with E-state index in [0.717, 1.165) is 17.1 Å². The van der Waals surface area contributed by atoms with Crippen LogP contribution in [0.1, 0.15) is 31.2 Å². The number of carbonyl (C=O) groups is 1. The smallest absolute Gasteiger partial charge is 0.257 e. The van der Waals surface area contributed by atoms with Crippen molar-refractivity contribution in [3.05, 3.63) is 48.0 Å². The molecular weight excluding hydrogens is 266 g/mol. The van der Waals surface area contributed by atoms with Crippen molar-refractivity contribution in [1.29, 1.82) is 0 Å². The van der Waals surface area contributed by atoms with Gasteiger partial charge in [0.1, 0.15) is 11.6 Å². The Labute approximate surface area is 124 Å². The van der Waals surface area contributed by atoms with Crippen molar-refractivity contribution in [2.75, 3.05) is 13.2 Å². The molecule has 1 aromatic heterocycles. The fraction of sp³-hybridized carbons (Fsp3) is 0.375. The zero-order valence-electron chi connectivity index (χ0n) is 12.4. The third-order valence-electron chi connectivity index (χ3n) is 3.14. The Morgan fingerprint density at radius 2 is 2.19 bits per heavy atom. The molecule has 0 aliphatic heterocycles. The second-order valence-corrected chi connectivity index (χ2v) is 5.12. The SMILES string of the molecule is CC(C)c1ccccc1OCC(=O)NCCc1ncc[nH]1. The summed E-state index contributed by atoms with van der Waals surface area (Å²) in [6.07, 6.45) is 4.15. The van der Waals surface area contributed by atoms with Crippen molar-refractivity contribution >= 4 is 5.91 Å². The minimum absolute atomic E-state index is 0.0297. The molecule has 0 bridgehead atoms. The minimum Gasteiger partial charge on any atom is -0.483 e. The molecule has 0 unspecified atom stereocenters. The zero-order valence-corrected chi connectivity index (χ0v) is 12.4. The van der Waals surface area contributed by atoms with E-state index in [1.165, 1.54) is 0 Å². The lowest BCUT2D eigenvalue weighted by molar-refractivity contribution is -0.123. The number of aromatic nitrogens is 2. The van der Waals surface area contributed by atoms with Crippen molar-refractivity contribution in [1.82, 2.24) is 15.3 Å². The predicted octanol–water partition coefficient (Wildman–Crippen LogP) is 2.27. The molecule has 1 heterocycles. The molecule has 1 aromatic carbocycles. The number of nitrogens with zero attached hydrogens (tertiary/aromatic N) is 1. The van der Waals surface area contributed by atoms with Crippen LogP contribution in [-0.4, -0.2) is 29.0 Å². The molecule has 0 radical (unpaired) electrons. The van der Waals surface area contributed by atoms with E-state index in [4.69, 9.17) is 4.74 Å². The van der Waals surface area contributed by atoms with Gasteiger partial charge in [0.05, 0.1) is 0 Å². The zero-order chi connectivity index (χ0) is 15.1. The molecule has 0 saturated carbocycles. The summed E-state index contributed by atoms with van der Waals surface area (Å²) in [6, 6.07) is 7.81. The first-order valence-electron chi connectivity index (χ1n) is 7.13. The van der Waals surface area contributed by atoms with E-state index in [0.29, 0.717) is 18.9 Å². The molecule has 5 heteroatoms. The Bertz CT molecular complexity index is 565. The number of imidazole rings is 1. The number of rotatable bonds is 7. The maximum atomic E-state index is 11.8. The summed E-state index contributed by atoms with van der Waals surface area (Å²) in [7, 11) is 0. The number of nitrogens with one attached hydrogen (secondary N) is 2. The van der Waals surface area contributed by atoms with Crippen molar-refractivity contribution in [3.63, 3.8) is 0 Å². The van der Waals surface area contributed by atoms with Gasteiger partial charge in [-0.25, -0.2) is 4.98 Å². The highest BCUT2D eigenvalue weighted by Gasteiger charge is 2.09. The molecule has 0 aliphatic carbocycles. The topological polar surface area (TPSA) is 67.0 Å². The molecule has 0 atom stereocenters.